The standard InChI is InChI=1S/C21H32N4O3.HI/c1-4-5-12-23-19(26)17-8-6-16(7-9-17)15-24-21(22-2)25-13-10-18(11-14-25)20(27)28-3;/h6-9,18H,4-5,10-15H2,1-3H3,(H,22,24)(H,23,26);1H. The lowest BCUT2D eigenvalue weighted by atomic mass is 9.97. The molecule has 0 aliphatic carbocycles. The maximum atomic E-state index is 12.1. The molecule has 0 spiro atoms. The first-order chi connectivity index (χ1) is 13.6. The van der Waals surface area contributed by atoms with Gasteiger partial charge in [-0.25, -0.2) is 0 Å². The number of guanidine groups is 1. The van der Waals surface area contributed by atoms with Gasteiger partial charge in [0.2, 0.25) is 0 Å². The molecule has 8 heteroatoms. The number of ether oxygens (including phenoxy) is 1. The van der Waals surface area contributed by atoms with Crippen molar-refractivity contribution in [2.75, 3.05) is 33.8 Å². The first-order valence-corrected chi connectivity index (χ1v) is 9.99. The number of hydrogen-bond acceptors (Lipinski definition) is 4. The highest BCUT2D eigenvalue weighted by atomic mass is 127. The largest absolute Gasteiger partial charge is 0.469 e. The number of halogens is 1. The number of benzene rings is 1. The Morgan fingerprint density at radius 3 is 2.38 bits per heavy atom. The number of carbonyl (C=O) groups excluding carboxylic acids is 2. The second kappa shape index (κ2) is 13.4. The smallest absolute Gasteiger partial charge is 0.308 e. The van der Waals surface area contributed by atoms with E-state index in [4.69, 9.17) is 4.74 Å². The van der Waals surface area contributed by atoms with Crippen LogP contribution in [0.15, 0.2) is 29.3 Å². The van der Waals surface area contributed by atoms with Crippen LogP contribution in [0.5, 0.6) is 0 Å². The average molecular weight is 516 g/mol. The van der Waals surface area contributed by atoms with Crippen LogP contribution in [0.1, 0.15) is 48.5 Å². The molecule has 1 heterocycles. The Hall–Kier alpha value is -1.84. The lowest BCUT2D eigenvalue weighted by Gasteiger charge is -2.33. The number of amides is 1. The third-order valence-corrected chi connectivity index (χ3v) is 5.02. The molecular weight excluding hydrogens is 483 g/mol. The third-order valence-electron chi connectivity index (χ3n) is 5.02. The number of aliphatic imine (C=N–C) groups is 1. The first-order valence-electron chi connectivity index (χ1n) is 9.99. The van der Waals surface area contributed by atoms with Crippen LogP contribution in [0.3, 0.4) is 0 Å². The van der Waals surface area contributed by atoms with E-state index in [0.29, 0.717) is 18.7 Å². The summed E-state index contributed by atoms with van der Waals surface area (Å²) in [6.45, 7) is 4.98. The van der Waals surface area contributed by atoms with Crippen LogP contribution in [-0.2, 0) is 16.1 Å². The summed E-state index contributed by atoms with van der Waals surface area (Å²) in [6.07, 6.45) is 3.60. The highest BCUT2D eigenvalue weighted by Gasteiger charge is 2.26. The van der Waals surface area contributed by atoms with Gasteiger partial charge in [0.05, 0.1) is 13.0 Å². The number of piperidine rings is 1. The van der Waals surface area contributed by atoms with E-state index in [9.17, 15) is 9.59 Å². The molecule has 0 saturated carbocycles. The zero-order valence-corrected chi connectivity index (χ0v) is 19.9. The maximum absolute atomic E-state index is 12.1. The molecule has 1 saturated heterocycles. The van der Waals surface area contributed by atoms with Crippen molar-refractivity contribution < 1.29 is 14.3 Å². The highest BCUT2D eigenvalue weighted by Crippen LogP contribution is 2.18. The highest BCUT2D eigenvalue weighted by molar-refractivity contribution is 14.0. The molecule has 1 aliphatic heterocycles. The van der Waals surface area contributed by atoms with Gasteiger partial charge in [-0.1, -0.05) is 25.5 Å². The molecular formula is C21H33IN4O3. The van der Waals surface area contributed by atoms with Crippen molar-refractivity contribution in [1.29, 1.82) is 0 Å². The van der Waals surface area contributed by atoms with Crippen molar-refractivity contribution in [2.45, 2.75) is 39.2 Å². The summed E-state index contributed by atoms with van der Waals surface area (Å²) in [5.74, 6) is 0.652. The number of nitrogens with one attached hydrogen (secondary N) is 2. The minimum atomic E-state index is -0.124. The Bertz CT molecular complexity index is 671. The van der Waals surface area contributed by atoms with Crippen molar-refractivity contribution in [1.82, 2.24) is 15.5 Å². The van der Waals surface area contributed by atoms with Crippen molar-refractivity contribution >= 4 is 41.8 Å². The van der Waals surface area contributed by atoms with Gasteiger partial charge in [-0.05, 0) is 37.0 Å². The molecule has 29 heavy (non-hydrogen) atoms. The van der Waals surface area contributed by atoms with Gasteiger partial charge in [-0.15, -0.1) is 24.0 Å². The second-order valence-corrected chi connectivity index (χ2v) is 6.99. The van der Waals surface area contributed by atoms with E-state index in [2.05, 4.69) is 27.4 Å². The number of carbonyl (C=O) groups is 2. The fraction of sp³-hybridized carbons (Fsp3) is 0.571. The summed E-state index contributed by atoms with van der Waals surface area (Å²) >= 11 is 0. The Balaban J connectivity index is 0.00000420. The predicted octanol–water partition coefficient (Wildman–Crippen LogP) is 2.79. The van der Waals surface area contributed by atoms with Crippen molar-refractivity contribution in [2.24, 2.45) is 10.9 Å². The summed E-state index contributed by atoms with van der Waals surface area (Å²) in [4.78, 5) is 30.2. The fourth-order valence-electron chi connectivity index (χ4n) is 3.26. The molecule has 0 radical (unpaired) electrons. The number of unbranched alkanes of at least 4 members (excludes halogenated alkanes) is 1. The van der Waals surface area contributed by atoms with Crippen LogP contribution in [0.25, 0.3) is 0 Å². The zero-order chi connectivity index (χ0) is 20.4. The van der Waals surface area contributed by atoms with Gasteiger partial charge < -0.3 is 20.3 Å². The number of hydrogen-bond donors (Lipinski definition) is 2. The van der Waals surface area contributed by atoms with Gasteiger partial charge in [0.25, 0.3) is 5.91 Å². The van der Waals surface area contributed by atoms with E-state index >= 15 is 0 Å². The van der Waals surface area contributed by atoms with Gasteiger partial charge in [-0.3, -0.25) is 14.6 Å². The van der Waals surface area contributed by atoms with E-state index in [1.54, 1.807) is 7.05 Å². The van der Waals surface area contributed by atoms with Crippen LogP contribution in [0, 0.1) is 5.92 Å². The van der Waals surface area contributed by atoms with Crippen molar-refractivity contribution in [3.05, 3.63) is 35.4 Å². The van der Waals surface area contributed by atoms with E-state index in [0.717, 1.165) is 50.3 Å². The van der Waals surface area contributed by atoms with Gasteiger partial charge >= 0.3 is 5.97 Å². The van der Waals surface area contributed by atoms with Gasteiger partial charge in [0.15, 0.2) is 5.96 Å². The third kappa shape index (κ3) is 7.83. The quantitative estimate of drug-likeness (QED) is 0.192. The molecule has 7 nitrogen and oxygen atoms in total. The summed E-state index contributed by atoms with van der Waals surface area (Å²) < 4.78 is 4.84. The number of esters is 1. The molecule has 2 rings (SSSR count). The molecule has 1 amide bonds. The Labute approximate surface area is 190 Å². The maximum Gasteiger partial charge on any atom is 0.308 e. The topological polar surface area (TPSA) is 83.0 Å². The number of methoxy groups -OCH3 is 1. The molecule has 0 atom stereocenters. The van der Waals surface area contributed by atoms with E-state index in [-0.39, 0.29) is 41.8 Å². The number of likely N-dealkylation sites (tertiary alicyclic amines) is 1. The Kier molecular flexibility index (Phi) is 11.6. The van der Waals surface area contributed by atoms with Gasteiger partial charge in [0, 0.05) is 38.8 Å². The minimum absolute atomic E-state index is 0. The Morgan fingerprint density at radius 2 is 1.83 bits per heavy atom. The number of nitrogens with zero attached hydrogens (tertiary/aromatic N) is 2. The first kappa shape index (κ1) is 25.2. The SMILES string of the molecule is CCCCNC(=O)c1ccc(CNC(=NC)N2CCC(C(=O)OC)CC2)cc1.I. The molecule has 1 aromatic rings. The van der Waals surface area contributed by atoms with Crippen LogP contribution >= 0.6 is 24.0 Å². The second-order valence-electron chi connectivity index (χ2n) is 6.99. The molecule has 1 fully saturated rings. The van der Waals surface area contributed by atoms with Crippen LogP contribution in [0.2, 0.25) is 0 Å². The summed E-state index contributed by atoms with van der Waals surface area (Å²) in [5, 5.41) is 6.29. The van der Waals surface area contributed by atoms with E-state index in [1.165, 1.54) is 7.11 Å². The molecule has 0 unspecified atom stereocenters. The molecule has 1 aliphatic rings. The minimum Gasteiger partial charge on any atom is -0.469 e. The van der Waals surface area contributed by atoms with E-state index < -0.39 is 0 Å². The van der Waals surface area contributed by atoms with Crippen molar-refractivity contribution in [3.8, 4) is 0 Å². The summed E-state index contributed by atoms with van der Waals surface area (Å²) in [5.41, 5.74) is 1.75. The molecule has 2 N–H and O–H groups in total. The average Bonchev–Trinajstić information content (AvgIpc) is 2.74. The van der Waals surface area contributed by atoms with Crippen LogP contribution in [-0.4, -0.2) is 56.5 Å². The van der Waals surface area contributed by atoms with Crippen LogP contribution < -0.4 is 10.6 Å². The fourth-order valence-corrected chi connectivity index (χ4v) is 3.26. The molecule has 0 aromatic heterocycles. The zero-order valence-electron chi connectivity index (χ0n) is 17.6. The summed E-state index contributed by atoms with van der Waals surface area (Å²) in [6, 6.07) is 7.61. The molecule has 162 valence electrons. The lowest BCUT2D eigenvalue weighted by molar-refractivity contribution is -0.146. The summed E-state index contributed by atoms with van der Waals surface area (Å²) in [7, 11) is 3.20. The number of rotatable bonds is 7. The van der Waals surface area contributed by atoms with Gasteiger partial charge in [-0.2, -0.15) is 0 Å². The lowest BCUT2D eigenvalue weighted by Crippen LogP contribution is -2.46. The molecule has 1 aromatic carbocycles. The van der Waals surface area contributed by atoms with E-state index in [1.807, 2.05) is 24.3 Å². The van der Waals surface area contributed by atoms with Crippen molar-refractivity contribution in [3.63, 3.8) is 0 Å². The monoisotopic (exact) mass is 516 g/mol. The normalized spacial score (nSPS) is 14.7. The van der Waals surface area contributed by atoms with Crippen LogP contribution in [0.4, 0.5) is 0 Å². The predicted molar refractivity (Wildman–Crippen MR) is 126 cm³/mol. The van der Waals surface area contributed by atoms with Gasteiger partial charge in [0.1, 0.15) is 0 Å². The Morgan fingerprint density at radius 1 is 1.17 bits per heavy atom. The molecule has 0 bridgehead atoms.